The summed E-state index contributed by atoms with van der Waals surface area (Å²) in [4.78, 5) is 4.57. The number of anilines is 1. The number of fused-ring (bicyclic) bond motifs is 1. The lowest BCUT2D eigenvalue weighted by molar-refractivity contribution is 0.627. The number of hydrazine groups is 1. The number of hydrogen-bond acceptors (Lipinski definition) is 3. The molecule has 0 aliphatic carbocycles. The normalized spacial score (nSPS) is 10.9. The van der Waals surface area contributed by atoms with Crippen molar-refractivity contribution in [3.8, 4) is 0 Å². The summed E-state index contributed by atoms with van der Waals surface area (Å²) in [5.41, 5.74) is 6.86. The molecule has 0 saturated carbocycles. The molecule has 3 rings (SSSR count). The van der Waals surface area contributed by atoms with E-state index in [2.05, 4.69) is 35.5 Å². The highest BCUT2D eigenvalue weighted by Gasteiger charge is 2.08. The molecule has 0 spiro atoms. The third-order valence-corrected chi connectivity index (χ3v) is 3.81. The number of aryl methyl sites for hydroxylation is 1. The predicted octanol–water partition coefficient (Wildman–Crippen LogP) is 3.81. The van der Waals surface area contributed by atoms with Gasteiger partial charge < -0.3 is 5.43 Å². The molecule has 2 aromatic carbocycles. The number of hydrogen-bond donors (Lipinski definition) is 2. The van der Waals surface area contributed by atoms with Crippen molar-refractivity contribution in [3.63, 3.8) is 0 Å². The predicted molar refractivity (Wildman–Crippen MR) is 88.1 cm³/mol. The molecule has 1 aromatic heterocycles. The number of benzene rings is 2. The highest BCUT2D eigenvalue weighted by Crippen LogP contribution is 2.24. The molecule has 3 N–H and O–H groups in total. The Morgan fingerprint density at radius 1 is 1.05 bits per heavy atom. The fourth-order valence-electron chi connectivity index (χ4n) is 2.57. The van der Waals surface area contributed by atoms with Crippen molar-refractivity contribution in [2.45, 2.75) is 19.8 Å². The van der Waals surface area contributed by atoms with Crippen molar-refractivity contribution in [2.75, 3.05) is 5.43 Å². The minimum atomic E-state index is -0.231. The van der Waals surface area contributed by atoms with Gasteiger partial charge in [0, 0.05) is 17.4 Å². The molecular formula is C18H18FN3. The molecule has 0 aliphatic rings. The van der Waals surface area contributed by atoms with Gasteiger partial charge in [0.15, 0.2) is 0 Å². The standard InChI is InChI=1S/C18H18FN3/c1-2-12-5-8-17-14(9-12)11-15(18(21-17)22-20)10-13-3-6-16(19)7-4-13/h3-9,11H,2,10,20H2,1H3,(H,21,22). The molecule has 4 heteroatoms. The van der Waals surface area contributed by atoms with Gasteiger partial charge in [-0.15, -0.1) is 0 Å². The van der Waals surface area contributed by atoms with Gasteiger partial charge in [-0.25, -0.2) is 15.2 Å². The van der Waals surface area contributed by atoms with E-state index >= 15 is 0 Å². The Kier molecular flexibility index (Phi) is 4.02. The third kappa shape index (κ3) is 2.92. The minimum Gasteiger partial charge on any atom is -0.308 e. The van der Waals surface area contributed by atoms with Gasteiger partial charge in [-0.2, -0.15) is 0 Å². The van der Waals surface area contributed by atoms with Crippen molar-refractivity contribution in [2.24, 2.45) is 5.84 Å². The van der Waals surface area contributed by atoms with Crippen LogP contribution in [0.1, 0.15) is 23.6 Å². The summed E-state index contributed by atoms with van der Waals surface area (Å²) in [5, 5.41) is 1.09. The van der Waals surface area contributed by atoms with Gasteiger partial charge in [-0.1, -0.05) is 25.1 Å². The molecule has 112 valence electrons. The molecular weight excluding hydrogens is 277 g/mol. The summed E-state index contributed by atoms with van der Waals surface area (Å²) >= 11 is 0. The second-order valence-electron chi connectivity index (χ2n) is 5.32. The van der Waals surface area contributed by atoms with Gasteiger partial charge in [-0.3, -0.25) is 0 Å². The number of nitrogens with two attached hydrogens (primary N) is 1. The van der Waals surface area contributed by atoms with E-state index in [-0.39, 0.29) is 5.82 Å². The second kappa shape index (κ2) is 6.12. The van der Waals surface area contributed by atoms with Crippen LogP contribution in [0.25, 0.3) is 10.9 Å². The number of aromatic nitrogens is 1. The maximum Gasteiger partial charge on any atom is 0.144 e. The Bertz CT molecular complexity index is 797. The Morgan fingerprint density at radius 3 is 2.45 bits per heavy atom. The fourth-order valence-corrected chi connectivity index (χ4v) is 2.57. The maximum absolute atomic E-state index is 13.0. The smallest absolute Gasteiger partial charge is 0.144 e. The van der Waals surface area contributed by atoms with Crippen LogP contribution in [0, 0.1) is 5.82 Å². The van der Waals surface area contributed by atoms with Crippen LogP contribution in [0.15, 0.2) is 48.5 Å². The van der Waals surface area contributed by atoms with E-state index in [0.29, 0.717) is 12.2 Å². The summed E-state index contributed by atoms with van der Waals surface area (Å²) in [5.74, 6) is 6.03. The van der Waals surface area contributed by atoms with Gasteiger partial charge in [0.2, 0.25) is 0 Å². The quantitative estimate of drug-likeness (QED) is 0.568. The first-order chi connectivity index (χ1) is 10.7. The molecule has 3 nitrogen and oxygen atoms in total. The molecule has 22 heavy (non-hydrogen) atoms. The van der Waals surface area contributed by atoms with Crippen LogP contribution in [0.2, 0.25) is 0 Å². The number of pyridine rings is 1. The zero-order chi connectivity index (χ0) is 15.5. The molecule has 3 aromatic rings. The summed E-state index contributed by atoms with van der Waals surface area (Å²) in [7, 11) is 0. The minimum absolute atomic E-state index is 0.231. The Hall–Kier alpha value is -2.46. The van der Waals surface area contributed by atoms with Crippen LogP contribution in [-0.4, -0.2) is 4.98 Å². The van der Waals surface area contributed by atoms with E-state index in [9.17, 15) is 4.39 Å². The molecule has 0 amide bonds. The van der Waals surface area contributed by atoms with Gasteiger partial charge in [0.1, 0.15) is 11.6 Å². The Balaban J connectivity index is 2.04. The van der Waals surface area contributed by atoms with Crippen molar-refractivity contribution in [1.29, 1.82) is 0 Å². The summed E-state index contributed by atoms with van der Waals surface area (Å²) < 4.78 is 13.0. The number of nitrogens with one attached hydrogen (secondary N) is 1. The van der Waals surface area contributed by atoms with Crippen LogP contribution in [0.4, 0.5) is 10.2 Å². The van der Waals surface area contributed by atoms with Gasteiger partial charge in [0.05, 0.1) is 5.52 Å². The molecule has 0 fully saturated rings. The van der Waals surface area contributed by atoms with E-state index in [1.807, 2.05) is 6.07 Å². The zero-order valence-corrected chi connectivity index (χ0v) is 12.4. The van der Waals surface area contributed by atoms with Crippen LogP contribution >= 0.6 is 0 Å². The molecule has 0 radical (unpaired) electrons. The number of halogens is 1. The average molecular weight is 295 g/mol. The number of nitrogens with zero attached hydrogens (tertiary/aromatic N) is 1. The molecule has 0 bridgehead atoms. The zero-order valence-electron chi connectivity index (χ0n) is 12.4. The van der Waals surface area contributed by atoms with Crippen LogP contribution in [0.3, 0.4) is 0 Å². The highest BCUT2D eigenvalue weighted by molar-refractivity contribution is 5.82. The lowest BCUT2D eigenvalue weighted by Crippen LogP contribution is -2.11. The van der Waals surface area contributed by atoms with Crippen LogP contribution in [-0.2, 0) is 12.8 Å². The van der Waals surface area contributed by atoms with E-state index < -0.39 is 0 Å². The topological polar surface area (TPSA) is 50.9 Å². The Labute approximate surface area is 129 Å². The average Bonchev–Trinajstić information content (AvgIpc) is 2.55. The van der Waals surface area contributed by atoms with E-state index in [1.54, 1.807) is 12.1 Å². The summed E-state index contributed by atoms with van der Waals surface area (Å²) in [6.07, 6.45) is 1.64. The first kappa shape index (κ1) is 14.5. The van der Waals surface area contributed by atoms with Gasteiger partial charge >= 0.3 is 0 Å². The SMILES string of the molecule is CCc1ccc2nc(NN)c(Cc3ccc(F)cc3)cc2c1. The first-order valence-electron chi connectivity index (χ1n) is 7.33. The first-order valence-corrected chi connectivity index (χ1v) is 7.33. The van der Waals surface area contributed by atoms with Crippen LogP contribution < -0.4 is 11.3 Å². The fraction of sp³-hybridized carbons (Fsp3) is 0.167. The maximum atomic E-state index is 13.0. The number of rotatable bonds is 4. The molecule has 0 unspecified atom stereocenters. The summed E-state index contributed by atoms with van der Waals surface area (Å²) in [6, 6.07) is 14.8. The van der Waals surface area contributed by atoms with Crippen LogP contribution in [0.5, 0.6) is 0 Å². The molecule has 1 heterocycles. The highest BCUT2D eigenvalue weighted by atomic mass is 19.1. The molecule has 0 atom stereocenters. The third-order valence-electron chi connectivity index (χ3n) is 3.81. The monoisotopic (exact) mass is 295 g/mol. The lowest BCUT2D eigenvalue weighted by Gasteiger charge is -2.11. The van der Waals surface area contributed by atoms with Crippen molar-refractivity contribution in [3.05, 3.63) is 71.0 Å². The summed E-state index contributed by atoms with van der Waals surface area (Å²) in [6.45, 7) is 2.13. The van der Waals surface area contributed by atoms with E-state index in [4.69, 9.17) is 5.84 Å². The van der Waals surface area contributed by atoms with E-state index in [0.717, 1.165) is 28.5 Å². The van der Waals surface area contributed by atoms with Crippen molar-refractivity contribution >= 4 is 16.7 Å². The lowest BCUT2D eigenvalue weighted by atomic mass is 10.0. The number of nitrogen functional groups attached to an aromatic ring is 1. The van der Waals surface area contributed by atoms with E-state index in [1.165, 1.54) is 17.7 Å². The van der Waals surface area contributed by atoms with Crippen molar-refractivity contribution in [1.82, 2.24) is 4.98 Å². The van der Waals surface area contributed by atoms with Gasteiger partial charge in [0.25, 0.3) is 0 Å². The van der Waals surface area contributed by atoms with Crippen molar-refractivity contribution < 1.29 is 4.39 Å². The Morgan fingerprint density at radius 2 is 1.77 bits per heavy atom. The second-order valence-corrected chi connectivity index (χ2v) is 5.32. The van der Waals surface area contributed by atoms with Gasteiger partial charge in [-0.05, 0) is 47.9 Å². The largest absolute Gasteiger partial charge is 0.308 e. The molecule has 0 saturated heterocycles. The molecule has 0 aliphatic heterocycles.